The van der Waals surface area contributed by atoms with Gasteiger partial charge in [0.1, 0.15) is 5.76 Å². The molecule has 0 aliphatic rings. The normalized spacial score (nSPS) is 12.2. The van der Waals surface area contributed by atoms with Gasteiger partial charge in [-0.05, 0) is 58.7 Å². The molecule has 0 bridgehead atoms. The van der Waals surface area contributed by atoms with Gasteiger partial charge in [0.25, 0.3) is 0 Å². The van der Waals surface area contributed by atoms with Gasteiger partial charge in [0, 0.05) is 0 Å². The first kappa shape index (κ1) is 15.9. The van der Waals surface area contributed by atoms with Crippen LogP contribution in [0.15, 0.2) is 39.4 Å². The van der Waals surface area contributed by atoms with E-state index in [1.54, 1.807) is 14.2 Å². The van der Waals surface area contributed by atoms with Crippen molar-refractivity contribution in [1.29, 1.82) is 0 Å². The Morgan fingerprint density at radius 3 is 2.48 bits per heavy atom. The number of ether oxygens (including phenoxy) is 2. The second kappa shape index (κ2) is 7.52. The van der Waals surface area contributed by atoms with Crippen molar-refractivity contribution in [1.82, 2.24) is 5.32 Å². The molecule has 1 aromatic heterocycles. The number of rotatable bonds is 7. The first-order valence-electron chi connectivity index (χ1n) is 6.90. The summed E-state index contributed by atoms with van der Waals surface area (Å²) in [4.78, 5) is 0. The van der Waals surface area contributed by atoms with Crippen LogP contribution in [0.1, 0.15) is 30.7 Å². The number of hydrogen-bond donors (Lipinski definition) is 1. The summed E-state index contributed by atoms with van der Waals surface area (Å²) in [6.45, 7) is 3.04. The fourth-order valence-electron chi connectivity index (χ4n) is 2.19. The zero-order chi connectivity index (χ0) is 15.2. The molecule has 0 amide bonds. The third kappa shape index (κ3) is 3.80. The number of benzene rings is 1. The molecular weight excluding hydrogens is 334 g/mol. The van der Waals surface area contributed by atoms with Crippen molar-refractivity contribution in [2.24, 2.45) is 0 Å². The number of nitrogens with one attached hydrogen (secondary N) is 1. The molecule has 114 valence electrons. The van der Waals surface area contributed by atoms with E-state index in [0.717, 1.165) is 34.7 Å². The first-order valence-corrected chi connectivity index (χ1v) is 7.69. The molecule has 0 fully saturated rings. The van der Waals surface area contributed by atoms with Crippen LogP contribution in [0.5, 0.6) is 11.5 Å². The summed E-state index contributed by atoms with van der Waals surface area (Å²) in [6, 6.07) is 9.75. The molecular formula is C16H20BrNO3. The summed E-state index contributed by atoms with van der Waals surface area (Å²) >= 11 is 3.35. The predicted octanol–water partition coefficient (Wildman–Crippen LogP) is 4.15. The summed E-state index contributed by atoms with van der Waals surface area (Å²) in [7, 11) is 3.27. The van der Waals surface area contributed by atoms with Gasteiger partial charge in [0.15, 0.2) is 16.2 Å². The molecule has 1 unspecified atom stereocenters. The van der Waals surface area contributed by atoms with E-state index in [0.29, 0.717) is 5.75 Å². The minimum Gasteiger partial charge on any atom is -0.493 e. The highest BCUT2D eigenvalue weighted by atomic mass is 79.9. The monoisotopic (exact) mass is 353 g/mol. The standard InChI is InChI=1S/C16H20BrNO3/c1-4-9-18-16(13-7-8-15(17)21-13)11-5-6-12(19-2)14(10-11)20-3/h5-8,10,16,18H,4,9H2,1-3H3. The van der Waals surface area contributed by atoms with Gasteiger partial charge in [-0.2, -0.15) is 0 Å². The van der Waals surface area contributed by atoms with Crippen LogP contribution < -0.4 is 14.8 Å². The lowest BCUT2D eigenvalue weighted by atomic mass is 10.0. The van der Waals surface area contributed by atoms with Crippen LogP contribution >= 0.6 is 15.9 Å². The molecule has 2 rings (SSSR count). The largest absolute Gasteiger partial charge is 0.493 e. The lowest BCUT2D eigenvalue weighted by molar-refractivity contribution is 0.353. The van der Waals surface area contributed by atoms with Crippen LogP contribution in [0.4, 0.5) is 0 Å². The zero-order valence-corrected chi connectivity index (χ0v) is 14.1. The summed E-state index contributed by atoms with van der Waals surface area (Å²) in [5, 5.41) is 3.49. The van der Waals surface area contributed by atoms with Crippen LogP contribution in [0, 0.1) is 0 Å². The topological polar surface area (TPSA) is 43.6 Å². The summed E-state index contributed by atoms with van der Waals surface area (Å²) in [5.41, 5.74) is 1.07. The fraction of sp³-hybridized carbons (Fsp3) is 0.375. The van der Waals surface area contributed by atoms with Crippen LogP contribution in [-0.4, -0.2) is 20.8 Å². The zero-order valence-electron chi connectivity index (χ0n) is 12.5. The average molecular weight is 354 g/mol. The Hall–Kier alpha value is -1.46. The van der Waals surface area contributed by atoms with E-state index in [1.807, 2.05) is 30.3 Å². The highest BCUT2D eigenvalue weighted by molar-refractivity contribution is 9.10. The summed E-state index contributed by atoms with van der Waals surface area (Å²) < 4.78 is 17.1. The maximum atomic E-state index is 5.71. The van der Waals surface area contributed by atoms with Crippen LogP contribution in [0.2, 0.25) is 0 Å². The molecule has 0 saturated carbocycles. The highest BCUT2D eigenvalue weighted by Gasteiger charge is 2.19. The van der Waals surface area contributed by atoms with Gasteiger partial charge >= 0.3 is 0 Å². The van der Waals surface area contributed by atoms with Crippen molar-refractivity contribution >= 4 is 15.9 Å². The average Bonchev–Trinajstić information content (AvgIpc) is 2.93. The summed E-state index contributed by atoms with van der Waals surface area (Å²) in [6.07, 6.45) is 1.05. The Labute approximate surface area is 133 Å². The molecule has 2 aromatic rings. The molecule has 1 atom stereocenters. The number of methoxy groups -OCH3 is 2. The quantitative estimate of drug-likeness (QED) is 0.811. The van der Waals surface area contributed by atoms with Crippen LogP contribution in [0.3, 0.4) is 0 Å². The van der Waals surface area contributed by atoms with E-state index in [2.05, 4.69) is 28.2 Å². The molecule has 1 aromatic carbocycles. The van der Waals surface area contributed by atoms with Crippen molar-refractivity contribution in [2.45, 2.75) is 19.4 Å². The molecule has 1 heterocycles. The lowest BCUT2D eigenvalue weighted by Gasteiger charge is -2.18. The molecule has 0 saturated heterocycles. The number of halogens is 1. The van der Waals surface area contributed by atoms with Gasteiger partial charge in [-0.25, -0.2) is 0 Å². The smallest absolute Gasteiger partial charge is 0.169 e. The van der Waals surface area contributed by atoms with Gasteiger partial charge in [0.05, 0.1) is 20.3 Å². The third-order valence-corrected chi connectivity index (χ3v) is 3.64. The Bertz CT molecular complexity index is 583. The highest BCUT2D eigenvalue weighted by Crippen LogP contribution is 2.33. The Kier molecular flexibility index (Phi) is 5.70. The molecule has 0 spiro atoms. The second-order valence-corrected chi connectivity index (χ2v) is 5.43. The maximum absolute atomic E-state index is 5.71. The molecule has 0 aliphatic carbocycles. The molecule has 0 radical (unpaired) electrons. The van der Waals surface area contributed by atoms with Gasteiger partial charge in [-0.3, -0.25) is 0 Å². The van der Waals surface area contributed by atoms with E-state index < -0.39 is 0 Å². The van der Waals surface area contributed by atoms with E-state index in [4.69, 9.17) is 13.9 Å². The maximum Gasteiger partial charge on any atom is 0.169 e. The van der Waals surface area contributed by atoms with Crippen molar-refractivity contribution in [3.8, 4) is 11.5 Å². The van der Waals surface area contributed by atoms with Gasteiger partial charge in [-0.1, -0.05) is 13.0 Å². The fourth-order valence-corrected chi connectivity index (χ4v) is 2.51. The Morgan fingerprint density at radius 2 is 1.90 bits per heavy atom. The minimum atomic E-state index is -0.0175. The minimum absolute atomic E-state index is 0.0175. The number of furan rings is 1. The molecule has 5 heteroatoms. The van der Waals surface area contributed by atoms with Gasteiger partial charge in [0.2, 0.25) is 0 Å². The van der Waals surface area contributed by atoms with Gasteiger partial charge < -0.3 is 19.2 Å². The molecule has 21 heavy (non-hydrogen) atoms. The van der Waals surface area contributed by atoms with Gasteiger partial charge in [-0.15, -0.1) is 0 Å². The first-order chi connectivity index (χ1) is 10.2. The van der Waals surface area contributed by atoms with E-state index in [-0.39, 0.29) is 6.04 Å². The third-order valence-electron chi connectivity index (χ3n) is 3.22. The second-order valence-electron chi connectivity index (χ2n) is 4.64. The van der Waals surface area contributed by atoms with Crippen molar-refractivity contribution < 1.29 is 13.9 Å². The van der Waals surface area contributed by atoms with Crippen LogP contribution in [-0.2, 0) is 0 Å². The molecule has 4 nitrogen and oxygen atoms in total. The van der Waals surface area contributed by atoms with Crippen molar-refractivity contribution in [2.75, 3.05) is 20.8 Å². The summed E-state index contributed by atoms with van der Waals surface area (Å²) in [5.74, 6) is 2.29. The van der Waals surface area contributed by atoms with E-state index >= 15 is 0 Å². The number of hydrogen-bond acceptors (Lipinski definition) is 4. The Balaban J connectivity index is 2.36. The molecule has 0 aliphatic heterocycles. The predicted molar refractivity (Wildman–Crippen MR) is 86.1 cm³/mol. The van der Waals surface area contributed by atoms with E-state index in [9.17, 15) is 0 Å². The SMILES string of the molecule is CCCNC(c1ccc(OC)c(OC)c1)c1ccc(Br)o1. The lowest BCUT2D eigenvalue weighted by Crippen LogP contribution is -2.22. The molecule has 1 N–H and O–H groups in total. The van der Waals surface area contributed by atoms with Crippen molar-refractivity contribution in [3.05, 3.63) is 46.3 Å². The Morgan fingerprint density at radius 1 is 1.14 bits per heavy atom. The van der Waals surface area contributed by atoms with E-state index in [1.165, 1.54) is 0 Å². The van der Waals surface area contributed by atoms with Crippen LogP contribution in [0.25, 0.3) is 0 Å². The van der Waals surface area contributed by atoms with Crippen molar-refractivity contribution in [3.63, 3.8) is 0 Å².